The molecule has 1 rings (SSSR count). The summed E-state index contributed by atoms with van der Waals surface area (Å²) in [5, 5.41) is 16.1. The highest BCUT2D eigenvalue weighted by Gasteiger charge is 2.27. The highest BCUT2D eigenvalue weighted by atomic mass is 16.6. The van der Waals surface area contributed by atoms with Crippen molar-refractivity contribution in [2.24, 2.45) is 5.41 Å². The van der Waals surface area contributed by atoms with E-state index in [0.29, 0.717) is 6.04 Å². The molecular weight excluding hydrogens is 292 g/mol. The first-order chi connectivity index (χ1) is 10.5. The molecule has 0 bridgehead atoms. The number of aliphatic hydroxyl groups excluding tert-OH is 1. The summed E-state index contributed by atoms with van der Waals surface area (Å²) in [7, 11) is 0. The minimum absolute atomic E-state index is 0.148. The van der Waals surface area contributed by atoms with Gasteiger partial charge in [0.05, 0.1) is 6.61 Å². The summed E-state index contributed by atoms with van der Waals surface area (Å²) < 4.78 is 5.31. The normalized spacial score (nSPS) is 24.1. The fraction of sp³-hybridized carbons (Fsp3) is 0.944. The van der Waals surface area contributed by atoms with Crippen molar-refractivity contribution in [3.63, 3.8) is 0 Å². The molecule has 1 amide bonds. The fourth-order valence-electron chi connectivity index (χ4n) is 3.13. The van der Waals surface area contributed by atoms with Crippen LogP contribution in [-0.2, 0) is 4.74 Å². The van der Waals surface area contributed by atoms with Gasteiger partial charge in [0.15, 0.2) is 0 Å². The average Bonchev–Trinajstić information content (AvgIpc) is 2.36. The van der Waals surface area contributed by atoms with Gasteiger partial charge < -0.3 is 20.5 Å². The van der Waals surface area contributed by atoms with Gasteiger partial charge in [-0.2, -0.15) is 0 Å². The molecule has 0 aromatic heterocycles. The third-order valence-electron chi connectivity index (χ3n) is 4.00. The molecule has 1 atom stereocenters. The summed E-state index contributed by atoms with van der Waals surface area (Å²) >= 11 is 0. The van der Waals surface area contributed by atoms with Crippen molar-refractivity contribution < 1.29 is 14.6 Å². The Bertz CT molecular complexity index is 363. The molecule has 1 fully saturated rings. The monoisotopic (exact) mass is 328 g/mol. The van der Waals surface area contributed by atoms with Crippen molar-refractivity contribution in [1.82, 2.24) is 10.6 Å². The van der Waals surface area contributed by atoms with E-state index >= 15 is 0 Å². The number of hydrogen-bond acceptors (Lipinski definition) is 4. The van der Waals surface area contributed by atoms with Gasteiger partial charge in [0.2, 0.25) is 0 Å². The number of amides is 1. The lowest BCUT2D eigenvalue weighted by Gasteiger charge is -2.34. The number of ether oxygens (including phenoxy) is 1. The number of hydrogen-bond donors (Lipinski definition) is 3. The summed E-state index contributed by atoms with van der Waals surface area (Å²) in [5.74, 6) is 0. The molecule has 0 aromatic carbocycles. The first-order valence-electron chi connectivity index (χ1n) is 8.85. The predicted molar refractivity (Wildman–Crippen MR) is 93.5 cm³/mol. The van der Waals surface area contributed by atoms with Crippen molar-refractivity contribution in [2.75, 3.05) is 6.61 Å². The fourth-order valence-corrected chi connectivity index (χ4v) is 3.13. The molecule has 0 heterocycles. The molecule has 1 aliphatic carbocycles. The van der Waals surface area contributed by atoms with Gasteiger partial charge in [0.25, 0.3) is 0 Å². The van der Waals surface area contributed by atoms with Crippen LogP contribution in [0.5, 0.6) is 0 Å². The summed E-state index contributed by atoms with van der Waals surface area (Å²) in [5.41, 5.74) is -0.250. The molecule has 5 heteroatoms. The van der Waals surface area contributed by atoms with Crippen LogP contribution in [-0.4, -0.2) is 41.5 Å². The Labute approximate surface area is 141 Å². The van der Waals surface area contributed by atoms with E-state index in [4.69, 9.17) is 4.74 Å². The van der Waals surface area contributed by atoms with E-state index in [2.05, 4.69) is 31.4 Å². The van der Waals surface area contributed by atoms with Gasteiger partial charge in [-0.25, -0.2) is 4.79 Å². The minimum atomic E-state index is -0.454. The maximum Gasteiger partial charge on any atom is 0.407 e. The van der Waals surface area contributed by atoms with Gasteiger partial charge >= 0.3 is 6.09 Å². The first kappa shape index (κ1) is 20.2. The number of aliphatic hydroxyl groups is 1. The van der Waals surface area contributed by atoms with Crippen molar-refractivity contribution >= 4 is 6.09 Å². The van der Waals surface area contributed by atoms with Crippen LogP contribution < -0.4 is 10.6 Å². The molecule has 1 saturated carbocycles. The first-order valence-corrected chi connectivity index (χ1v) is 8.85. The molecule has 0 aliphatic heterocycles. The van der Waals surface area contributed by atoms with E-state index in [-0.39, 0.29) is 30.2 Å². The predicted octanol–water partition coefficient (Wildman–Crippen LogP) is 3.21. The van der Waals surface area contributed by atoms with Crippen LogP contribution in [0.15, 0.2) is 0 Å². The zero-order valence-corrected chi connectivity index (χ0v) is 15.7. The summed E-state index contributed by atoms with van der Waals surface area (Å²) in [6.45, 7) is 12.4. The largest absolute Gasteiger partial charge is 0.444 e. The van der Waals surface area contributed by atoms with Crippen LogP contribution in [0.4, 0.5) is 4.79 Å². The van der Waals surface area contributed by atoms with Gasteiger partial charge in [-0.3, -0.25) is 0 Å². The highest BCUT2D eigenvalue weighted by Crippen LogP contribution is 2.24. The summed E-state index contributed by atoms with van der Waals surface area (Å²) in [6, 6.07) is 0.764. The molecule has 5 nitrogen and oxygen atoms in total. The molecule has 23 heavy (non-hydrogen) atoms. The zero-order valence-electron chi connectivity index (χ0n) is 15.7. The van der Waals surface area contributed by atoms with Crippen LogP contribution in [0.25, 0.3) is 0 Å². The van der Waals surface area contributed by atoms with Gasteiger partial charge in [0.1, 0.15) is 5.60 Å². The van der Waals surface area contributed by atoms with Crippen molar-refractivity contribution in [1.29, 1.82) is 0 Å². The smallest absolute Gasteiger partial charge is 0.407 e. The van der Waals surface area contributed by atoms with Gasteiger partial charge in [-0.15, -0.1) is 0 Å². The minimum Gasteiger partial charge on any atom is -0.444 e. The van der Waals surface area contributed by atoms with Crippen LogP contribution in [0, 0.1) is 5.41 Å². The number of alkyl carbamates (subject to hydrolysis) is 1. The lowest BCUT2D eigenvalue weighted by molar-refractivity contribution is 0.0488. The second-order valence-electron chi connectivity index (χ2n) is 9.01. The van der Waals surface area contributed by atoms with E-state index in [9.17, 15) is 9.90 Å². The Balaban J connectivity index is 2.33. The third-order valence-corrected chi connectivity index (χ3v) is 4.00. The number of nitrogens with one attached hydrogen (secondary N) is 2. The molecule has 0 saturated heterocycles. The van der Waals surface area contributed by atoms with Crippen LogP contribution in [0.2, 0.25) is 0 Å². The van der Waals surface area contributed by atoms with Gasteiger partial charge in [-0.1, -0.05) is 20.8 Å². The van der Waals surface area contributed by atoms with Crippen LogP contribution >= 0.6 is 0 Å². The lowest BCUT2D eigenvalue weighted by Crippen LogP contribution is -2.47. The standard InChI is InChI=1S/C18H36N2O3/c1-17(2,3)11-15(12-21)19-13-7-9-14(10-8-13)20-16(22)23-18(4,5)6/h13-15,19,21H,7-12H2,1-6H3,(H,20,22)/t13?,14?,15-/m1/s1. The molecule has 0 unspecified atom stereocenters. The van der Waals surface area contributed by atoms with E-state index in [1.54, 1.807) is 0 Å². The van der Waals surface area contributed by atoms with Crippen molar-refractivity contribution in [3.05, 3.63) is 0 Å². The Morgan fingerprint density at radius 1 is 1.09 bits per heavy atom. The molecule has 3 N–H and O–H groups in total. The average molecular weight is 328 g/mol. The Morgan fingerprint density at radius 3 is 2.04 bits per heavy atom. The molecule has 0 radical (unpaired) electrons. The molecule has 136 valence electrons. The number of rotatable bonds is 5. The third kappa shape index (κ3) is 9.16. The molecule has 0 spiro atoms. The van der Waals surface area contributed by atoms with Crippen molar-refractivity contribution in [3.8, 4) is 0 Å². The second-order valence-corrected chi connectivity index (χ2v) is 9.01. The molecule has 1 aliphatic rings. The summed E-state index contributed by atoms with van der Waals surface area (Å²) in [6.07, 6.45) is 4.56. The maximum atomic E-state index is 11.8. The quantitative estimate of drug-likeness (QED) is 0.725. The lowest BCUT2D eigenvalue weighted by atomic mass is 9.86. The second kappa shape index (κ2) is 8.34. The summed E-state index contributed by atoms with van der Waals surface area (Å²) in [4.78, 5) is 11.8. The van der Waals surface area contributed by atoms with Gasteiger partial charge in [-0.05, 0) is 58.3 Å². The Hall–Kier alpha value is -0.810. The van der Waals surface area contributed by atoms with Crippen LogP contribution in [0.3, 0.4) is 0 Å². The van der Waals surface area contributed by atoms with Crippen LogP contribution in [0.1, 0.15) is 73.6 Å². The molecular formula is C18H36N2O3. The number of carbonyl (C=O) groups is 1. The Kier molecular flexibility index (Phi) is 7.33. The van der Waals surface area contributed by atoms with E-state index in [0.717, 1.165) is 32.1 Å². The topological polar surface area (TPSA) is 70.6 Å². The zero-order chi connectivity index (χ0) is 17.7. The van der Waals surface area contributed by atoms with E-state index in [1.807, 2.05) is 20.8 Å². The maximum absolute atomic E-state index is 11.8. The van der Waals surface area contributed by atoms with Gasteiger partial charge in [0, 0.05) is 18.1 Å². The van der Waals surface area contributed by atoms with E-state index < -0.39 is 5.60 Å². The highest BCUT2D eigenvalue weighted by molar-refractivity contribution is 5.68. The molecule has 0 aromatic rings. The SMILES string of the molecule is CC(C)(C)C[C@H](CO)NC1CCC(NC(=O)OC(C)(C)C)CC1. The van der Waals surface area contributed by atoms with E-state index in [1.165, 1.54) is 0 Å². The van der Waals surface area contributed by atoms with Crippen molar-refractivity contribution in [2.45, 2.75) is 97.4 Å². The number of carbonyl (C=O) groups excluding carboxylic acids is 1. The Morgan fingerprint density at radius 2 is 1.61 bits per heavy atom.